The van der Waals surface area contributed by atoms with Crippen molar-refractivity contribution in [2.24, 2.45) is 0 Å². The second-order valence-electron chi connectivity index (χ2n) is 8.14. The minimum Gasteiger partial charge on any atom is -0.379 e. The summed E-state index contributed by atoms with van der Waals surface area (Å²) in [4.78, 5) is 0. The molecule has 30 heavy (non-hydrogen) atoms. The van der Waals surface area contributed by atoms with E-state index in [-0.39, 0.29) is 0 Å². The zero-order valence-corrected chi connectivity index (χ0v) is 18.0. The van der Waals surface area contributed by atoms with Gasteiger partial charge in [0.2, 0.25) is 0 Å². The molecule has 1 heteroatoms. The SMILES string of the molecule is Cc1ccc(NC2C=CC(C=C(c3ccccc3)c3ccc(C)c(C)c3)=CC2)cc1. The Morgan fingerprint density at radius 1 is 0.833 bits per heavy atom. The molecule has 0 spiro atoms. The number of rotatable bonds is 5. The first kappa shape index (κ1) is 20.0. The molecule has 0 aliphatic heterocycles. The van der Waals surface area contributed by atoms with E-state index in [9.17, 15) is 0 Å². The summed E-state index contributed by atoms with van der Waals surface area (Å²) in [5, 5.41) is 3.61. The van der Waals surface area contributed by atoms with Gasteiger partial charge in [-0.25, -0.2) is 0 Å². The van der Waals surface area contributed by atoms with Crippen LogP contribution in [0.1, 0.15) is 34.2 Å². The summed E-state index contributed by atoms with van der Waals surface area (Å²) in [6.45, 7) is 6.46. The molecule has 0 heterocycles. The summed E-state index contributed by atoms with van der Waals surface area (Å²) in [6, 6.07) is 26.3. The lowest BCUT2D eigenvalue weighted by Crippen LogP contribution is -2.17. The quantitative estimate of drug-likeness (QED) is 0.477. The first-order chi connectivity index (χ1) is 14.6. The number of allylic oxidation sites excluding steroid dienone is 3. The third kappa shape index (κ3) is 4.80. The van der Waals surface area contributed by atoms with E-state index in [2.05, 4.69) is 123 Å². The average Bonchev–Trinajstić information content (AvgIpc) is 2.77. The van der Waals surface area contributed by atoms with Crippen molar-refractivity contribution in [3.8, 4) is 0 Å². The zero-order chi connectivity index (χ0) is 20.9. The molecule has 0 radical (unpaired) electrons. The Labute approximate surface area is 180 Å². The molecular weight excluding hydrogens is 362 g/mol. The van der Waals surface area contributed by atoms with Crippen LogP contribution in [0.2, 0.25) is 0 Å². The molecule has 0 saturated heterocycles. The van der Waals surface area contributed by atoms with Crippen molar-refractivity contribution in [2.75, 3.05) is 5.32 Å². The van der Waals surface area contributed by atoms with E-state index in [0.29, 0.717) is 6.04 Å². The minimum atomic E-state index is 0.326. The van der Waals surface area contributed by atoms with Crippen molar-refractivity contribution in [3.63, 3.8) is 0 Å². The number of aryl methyl sites for hydroxylation is 3. The van der Waals surface area contributed by atoms with E-state index < -0.39 is 0 Å². The van der Waals surface area contributed by atoms with E-state index in [4.69, 9.17) is 0 Å². The van der Waals surface area contributed by atoms with E-state index in [0.717, 1.165) is 6.42 Å². The van der Waals surface area contributed by atoms with Gasteiger partial charge in [-0.05, 0) is 78.8 Å². The van der Waals surface area contributed by atoms with Crippen LogP contribution in [-0.2, 0) is 0 Å². The number of benzene rings is 3. The van der Waals surface area contributed by atoms with Gasteiger partial charge in [-0.2, -0.15) is 0 Å². The first-order valence-corrected chi connectivity index (χ1v) is 10.6. The first-order valence-electron chi connectivity index (χ1n) is 10.6. The van der Waals surface area contributed by atoms with Crippen molar-refractivity contribution < 1.29 is 0 Å². The molecular formula is C29H29N. The van der Waals surface area contributed by atoms with Crippen LogP contribution in [0, 0.1) is 20.8 Å². The van der Waals surface area contributed by atoms with Crippen LogP contribution >= 0.6 is 0 Å². The van der Waals surface area contributed by atoms with Gasteiger partial charge in [-0.15, -0.1) is 0 Å². The molecule has 1 atom stereocenters. The Morgan fingerprint density at radius 2 is 1.60 bits per heavy atom. The molecule has 0 amide bonds. The average molecular weight is 392 g/mol. The summed E-state index contributed by atoms with van der Waals surface area (Å²) in [6.07, 6.45) is 10.1. The van der Waals surface area contributed by atoms with E-state index >= 15 is 0 Å². The number of hydrogen-bond donors (Lipinski definition) is 1. The van der Waals surface area contributed by atoms with Gasteiger partial charge in [0.15, 0.2) is 0 Å². The highest BCUT2D eigenvalue weighted by molar-refractivity contribution is 5.82. The lowest BCUT2D eigenvalue weighted by atomic mass is 9.92. The molecule has 1 aliphatic carbocycles. The number of nitrogens with one attached hydrogen (secondary N) is 1. The molecule has 3 aromatic rings. The van der Waals surface area contributed by atoms with Crippen LogP contribution in [0.25, 0.3) is 5.57 Å². The van der Waals surface area contributed by atoms with Gasteiger partial charge in [-0.1, -0.05) is 84.5 Å². The van der Waals surface area contributed by atoms with Crippen molar-refractivity contribution in [1.82, 2.24) is 0 Å². The van der Waals surface area contributed by atoms with Gasteiger partial charge in [0.25, 0.3) is 0 Å². The van der Waals surface area contributed by atoms with Crippen LogP contribution in [0.5, 0.6) is 0 Å². The highest BCUT2D eigenvalue weighted by Crippen LogP contribution is 2.28. The van der Waals surface area contributed by atoms with Gasteiger partial charge >= 0.3 is 0 Å². The normalized spacial score (nSPS) is 16.3. The number of anilines is 1. The Bertz CT molecular complexity index is 1100. The predicted octanol–water partition coefficient (Wildman–Crippen LogP) is 7.41. The van der Waals surface area contributed by atoms with E-state index in [1.54, 1.807) is 0 Å². The van der Waals surface area contributed by atoms with Crippen LogP contribution in [0.15, 0.2) is 103 Å². The Balaban J connectivity index is 1.58. The predicted molar refractivity (Wildman–Crippen MR) is 130 cm³/mol. The highest BCUT2D eigenvalue weighted by Gasteiger charge is 2.11. The second-order valence-corrected chi connectivity index (χ2v) is 8.14. The van der Waals surface area contributed by atoms with Gasteiger partial charge in [0, 0.05) is 11.7 Å². The Morgan fingerprint density at radius 3 is 2.27 bits per heavy atom. The fraction of sp³-hybridized carbons (Fsp3) is 0.172. The van der Waals surface area contributed by atoms with Gasteiger partial charge in [0.05, 0.1) is 0 Å². The molecule has 0 bridgehead atoms. The molecule has 0 aromatic heterocycles. The fourth-order valence-electron chi connectivity index (χ4n) is 3.74. The molecule has 4 rings (SSSR count). The van der Waals surface area contributed by atoms with Gasteiger partial charge in [-0.3, -0.25) is 0 Å². The Hall–Kier alpha value is -3.32. The molecule has 3 aromatic carbocycles. The minimum absolute atomic E-state index is 0.326. The Kier molecular flexibility index (Phi) is 5.99. The molecule has 1 unspecified atom stereocenters. The summed E-state index contributed by atoms with van der Waals surface area (Å²) < 4.78 is 0. The molecule has 0 fully saturated rings. The molecule has 1 aliphatic rings. The van der Waals surface area contributed by atoms with Gasteiger partial charge < -0.3 is 5.32 Å². The highest BCUT2D eigenvalue weighted by atomic mass is 14.9. The van der Waals surface area contributed by atoms with Crippen LogP contribution in [0.4, 0.5) is 5.69 Å². The van der Waals surface area contributed by atoms with Crippen molar-refractivity contribution >= 4 is 11.3 Å². The fourth-order valence-corrected chi connectivity index (χ4v) is 3.74. The summed E-state index contributed by atoms with van der Waals surface area (Å²) in [5.74, 6) is 0. The lowest BCUT2D eigenvalue weighted by molar-refractivity contribution is 0.877. The summed E-state index contributed by atoms with van der Waals surface area (Å²) in [5.41, 5.74) is 10.1. The molecule has 1 N–H and O–H groups in total. The maximum absolute atomic E-state index is 3.61. The van der Waals surface area contributed by atoms with Crippen LogP contribution in [0.3, 0.4) is 0 Å². The van der Waals surface area contributed by atoms with Crippen LogP contribution < -0.4 is 5.32 Å². The van der Waals surface area contributed by atoms with E-state index in [1.807, 2.05) is 0 Å². The van der Waals surface area contributed by atoms with Crippen molar-refractivity contribution in [2.45, 2.75) is 33.2 Å². The maximum Gasteiger partial charge on any atom is 0.0482 e. The zero-order valence-electron chi connectivity index (χ0n) is 18.0. The van der Waals surface area contributed by atoms with Crippen molar-refractivity contribution in [3.05, 3.63) is 130 Å². The summed E-state index contributed by atoms with van der Waals surface area (Å²) in [7, 11) is 0. The third-order valence-electron chi connectivity index (χ3n) is 5.75. The third-order valence-corrected chi connectivity index (χ3v) is 5.75. The molecule has 150 valence electrons. The maximum atomic E-state index is 3.61. The number of hydrogen-bond acceptors (Lipinski definition) is 1. The van der Waals surface area contributed by atoms with Gasteiger partial charge in [0.1, 0.15) is 0 Å². The van der Waals surface area contributed by atoms with Crippen molar-refractivity contribution in [1.29, 1.82) is 0 Å². The van der Waals surface area contributed by atoms with Crippen LogP contribution in [-0.4, -0.2) is 6.04 Å². The smallest absolute Gasteiger partial charge is 0.0482 e. The lowest BCUT2D eigenvalue weighted by Gasteiger charge is -2.19. The standard InChI is InChI=1S/C29H29N/c1-21-9-15-27(16-10-21)30-28-17-12-24(13-18-28)20-29(25-7-5-4-6-8-25)26-14-11-22(2)23(3)19-26/h4-17,19-20,28,30H,18H2,1-3H3. The monoisotopic (exact) mass is 391 g/mol. The van der Waals surface area contributed by atoms with E-state index in [1.165, 1.54) is 44.7 Å². The molecule has 1 nitrogen and oxygen atoms in total. The topological polar surface area (TPSA) is 12.0 Å². The summed E-state index contributed by atoms with van der Waals surface area (Å²) >= 11 is 0. The second kappa shape index (κ2) is 9.00. The molecule has 0 saturated carbocycles. The largest absolute Gasteiger partial charge is 0.379 e.